The van der Waals surface area contributed by atoms with E-state index < -0.39 is 0 Å². The number of hydrogen-bond donors (Lipinski definition) is 1. The van der Waals surface area contributed by atoms with Gasteiger partial charge in [0.05, 0.1) is 0 Å². The summed E-state index contributed by atoms with van der Waals surface area (Å²) in [5, 5.41) is 4.46. The van der Waals surface area contributed by atoms with Gasteiger partial charge in [0.15, 0.2) is 0 Å². The highest BCUT2D eigenvalue weighted by Crippen LogP contribution is 2.24. The van der Waals surface area contributed by atoms with E-state index in [4.69, 9.17) is 11.6 Å². The molecule has 100 valence electrons. The van der Waals surface area contributed by atoms with Gasteiger partial charge in [0.1, 0.15) is 0 Å². The molecule has 0 aliphatic rings. The van der Waals surface area contributed by atoms with Gasteiger partial charge in [-0.25, -0.2) is 0 Å². The Hall–Kier alpha value is -1.31. The minimum absolute atomic E-state index is 0.324. The Labute approximate surface area is 120 Å². The second kappa shape index (κ2) is 6.74. The summed E-state index contributed by atoms with van der Waals surface area (Å²) >= 11 is 6.07. The third-order valence-corrected chi connectivity index (χ3v) is 3.65. The first-order valence-corrected chi connectivity index (χ1v) is 7.15. The van der Waals surface area contributed by atoms with E-state index in [9.17, 15) is 0 Å². The van der Waals surface area contributed by atoms with Gasteiger partial charge in [0.2, 0.25) is 0 Å². The quantitative estimate of drug-likeness (QED) is 0.795. The van der Waals surface area contributed by atoms with Crippen LogP contribution in [-0.2, 0) is 0 Å². The van der Waals surface area contributed by atoms with Crippen molar-refractivity contribution in [3.05, 3.63) is 70.7 Å². The summed E-state index contributed by atoms with van der Waals surface area (Å²) in [5.74, 6) is 0. The minimum Gasteiger partial charge on any atom is -0.303 e. The second-order valence-corrected chi connectivity index (χ2v) is 5.25. The van der Waals surface area contributed by atoms with Crippen LogP contribution in [-0.4, -0.2) is 0 Å². The largest absolute Gasteiger partial charge is 0.303 e. The molecular weight excluding hydrogens is 254 g/mol. The first-order valence-electron chi connectivity index (χ1n) is 6.77. The molecule has 0 aliphatic heterocycles. The van der Waals surface area contributed by atoms with E-state index in [-0.39, 0.29) is 0 Å². The lowest BCUT2D eigenvalue weighted by Gasteiger charge is -2.23. The third kappa shape index (κ3) is 3.82. The summed E-state index contributed by atoms with van der Waals surface area (Å²) in [4.78, 5) is 0. The lowest BCUT2D eigenvalue weighted by atomic mass is 10.0. The Balaban J connectivity index is 2.11. The Morgan fingerprint density at radius 3 is 2.32 bits per heavy atom. The standard InChI is InChI=1S/C17H20ClN/c1-3-17(15-10-7-11-16(18)12-15)19-13(2)14-8-5-4-6-9-14/h4-13,17,19H,3H2,1-2H3/t13-,17?/m1/s1. The number of benzene rings is 2. The van der Waals surface area contributed by atoms with E-state index in [1.807, 2.05) is 24.3 Å². The fraction of sp³-hybridized carbons (Fsp3) is 0.294. The lowest BCUT2D eigenvalue weighted by molar-refractivity contribution is 0.456. The van der Waals surface area contributed by atoms with Crippen LogP contribution < -0.4 is 5.32 Å². The van der Waals surface area contributed by atoms with Crippen LogP contribution in [0.1, 0.15) is 43.5 Å². The van der Waals surface area contributed by atoms with Crippen LogP contribution in [0.25, 0.3) is 0 Å². The van der Waals surface area contributed by atoms with Crippen LogP contribution in [0.4, 0.5) is 0 Å². The Morgan fingerprint density at radius 2 is 1.68 bits per heavy atom. The van der Waals surface area contributed by atoms with Crippen LogP contribution in [0.5, 0.6) is 0 Å². The molecule has 0 spiro atoms. The van der Waals surface area contributed by atoms with Gasteiger partial charge in [-0.2, -0.15) is 0 Å². The van der Waals surface area contributed by atoms with E-state index in [0.717, 1.165) is 11.4 Å². The van der Waals surface area contributed by atoms with Crippen LogP contribution in [0, 0.1) is 0 Å². The summed E-state index contributed by atoms with van der Waals surface area (Å²) < 4.78 is 0. The molecule has 0 saturated heterocycles. The molecule has 0 saturated carbocycles. The van der Waals surface area contributed by atoms with Gasteiger partial charge in [-0.3, -0.25) is 0 Å². The Bertz CT molecular complexity index is 510. The first-order chi connectivity index (χ1) is 9.20. The lowest BCUT2D eigenvalue weighted by Crippen LogP contribution is -2.24. The van der Waals surface area contributed by atoms with Gasteiger partial charge in [0.25, 0.3) is 0 Å². The van der Waals surface area contributed by atoms with E-state index in [0.29, 0.717) is 12.1 Å². The topological polar surface area (TPSA) is 12.0 Å². The summed E-state index contributed by atoms with van der Waals surface area (Å²) in [6, 6.07) is 19.3. The molecule has 1 nitrogen and oxygen atoms in total. The van der Waals surface area contributed by atoms with Crippen LogP contribution in [0.2, 0.25) is 5.02 Å². The maximum atomic E-state index is 6.07. The molecule has 2 aromatic carbocycles. The van der Waals surface area contributed by atoms with Crippen molar-refractivity contribution in [2.45, 2.75) is 32.4 Å². The first kappa shape index (κ1) is 14.1. The fourth-order valence-corrected chi connectivity index (χ4v) is 2.51. The molecule has 19 heavy (non-hydrogen) atoms. The number of hydrogen-bond acceptors (Lipinski definition) is 1. The highest BCUT2D eigenvalue weighted by atomic mass is 35.5. The molecule has 1 unspecified atom stereocenters. The van der Waals surface area contributed by atoms with Crippen molar-refractivity contribution in [1.82, 2.24) is 5.32 Å². The smallest absolute Gasteiger partial charge is 0.0409 e. The molecule has 1 N–H and O–H groups in total. The number of rotatable bonds is 5. The Morgan fingerprint density at radius 1 is 1.00 bits per heavy atom. The molecule has 0 bridgehead atoms. The van der Waals surface area contributed by atoms with Gasteiger partial charge in [-0.1, -0.05) is 61.0 Å². The summed E-state index contributed by atoms with van der Waals surface area (Å²) in [7, 11) is 0. The van der Waals surface area contributed by atoms with Gasteiger partial charge >= 0.3 is 0 Å². The molecule has 0 aromatic heterocycles. The molecule has 0 fully saturated rings. The molecule has 0 aliphatic carbocycles. The number of nitrogens with one attached hydrogen (secondary N) is 1. The van der Waals surface area contributed by atoms with Gasteiger partial charge < -0.3 is 5.32 Å². The van der Waals surface area contributed by atoms with Crippen molar-refractivity contribution in [1.29, 1.82) is 0 Å². The highest BCUT2D eigenvalue weighted by molar-refractivity contribution is 6.30. The van der Waals surface area contributed by atoms with Crippen molar-refractivity contribution < 1.29 is 0 Å². The zero-order valence-corrected chi connectivity index (χ0v) is 12.2. The van der Waals surface area contributed by atoms with Crippen LogP contribution in [0.3, 0.4) is 0 Å². The van der Waals surface area contributed by atoms with E-state index in [1.165, 1.54) is 11.1 Å². The SMILES string of the molecule is CCC(N[C@H](C)c1ccccc1)c1cccc(Cl)c1. The van der Waals surface area contributed by atoms with E-state index in [2.05, 4.69) is 49.5 Å². The second-order valence-electron chi connectivity index (χ2n) is 4.81. The minimum atomic E-state index is 0.324. The molecule has 0 radical (unpaired) electrons. The van der Waals surface area contributed by atoms with Crippen molar-refractivity contribution in [2.24, 2.45) is 0 Å². The van der Waals surface area contributed by atoms with Crippen molar-refractivity contribution in [3.63, 3.8) is 0 Å². The van der Waals surface area contributed by atoms with Crippen molar-refractivity contribution in [2.75, 3.05) is 0 Å². The zero-order chi connectivity index (χ0) is 13.7. The molecule has 2 atom stereocenters. The molecule has 2 heteroatoms. The van der Waals surface area contributed by atoms with Crippen LogP contribution in [0.15, 0.2) is 54.6 Å². The maximum absolute atomic E-state index is 6.07. The predicted octanol–water partition coefficient (Wildman–Crippen LogP) is 5.14. The molecular formula is C17H20ClN. The molecule has 0 amide bonds. The molecule has 2 rings (SSSR count). The third-order valence-electron chi connectivity index (χ3n) is 3.41. The van der Waals surface area contributed by atoms with Gasteiger partial charge in [-0.15, -0.1) is 0 Å². The van der Waals surface area contributed by atoms with Crippen LogP contribution >= 0.6 is 11.6 Å². The summed E-state index contributed by atoms with van der Waals surface area (Å²) in [6.45, 7) is 4.39. The monoisotopic (exact) mass is 273 g/mol. The predicted molar refractivity (Wildman–Crippen MR) is 82.5 cm³/mol. The van der Waals surface area contributed by atoms with Gasteiger partial charge in [-0.05, 0) is 36.6 Å². The van der Waals surface area contributed by atoms with Crippen molar-refractivity contribution >= 4 is 11.6 Å². The summed E-state index contributed by atoms with van der Waals surface area (Å²) in [6.07, 6.45) is 1.04. The Kier molecular flexibility index (Phi) is 5.00. The van der Waals surface area contributed by atoms with Crippen molar-refractivity contribution in [3.8, 4) is 0 Å². The van der Waals surface area contributed by atoms with Gasteiger partial charge in [0, 0.05) is 17.1 Å². The molecule has 2 aromatic rings. The fourth-order valence-electron chi connectivity index (χ4n) is 2.31. The average Bonchev–Trinajstić information content (AvgIpc) is 2.45. The maximum Gasteiger partial charge on any atom is 0.0409 e. The van der Waals surface area contributed by atoms with E-state index in [1.54, 1.807) is 0 Å². The normalized spacial score (nSPS) is 14.1. The summed E-state index contributed by atoms with van der Waals surface area (Å²) in [5.41, 5.74) is 2.56. The average molecular weight is 274 g/mol. The molecule has 0 heterocycles. The highest BCUT2D eigenvalue weighted by Gasteiger charge is 2.13. The zero-order valence-electron chi connectivity index (χ0n) is 11.4. The van der Waals surface area contributed by atoms with E-state index >= 15 is 0 Å². The number of halogens is 1.